The SMILES string of the molecule is CCNC(=NCC(C)(O)CC)N1CCSC(C)(C)C1.I. The van der Waals surface area contributed by atoms with E-state index >= 15 is 0 Å². The van der Waals surface area contributed by atoms with E-state index in [4.69, 9.17) is 0 Å². The zero-order chi connectivity index (χ0) is 14.5. The van der Waals surface area contributed by atoms with E-state index in [1.54, 1.807) is 0 Å². The van der Waals surface area contributed by atoms with Crippen molar-refractivity contribution in [2.75, 3.05) is 31.9 Å². The number of nitrogens with zero attached hydrogens (tertiary/aromatic N) is 2. The summed E-state index contributed by atoms with van der Waals surface area (Å²) in [5, 5.41) is 13.4. The van der Waals surface area contributed by atoms with E-state index < -0.39 is 5.60 Å². The Bertz CT molecular complexity index is 322. The zero-order valence-electron chi connectivity index (χ0n) is 13.4. The lowest BCUT2D eigenvalue weighted by Crippen LogP contribution is -2.51. The Morgan fingerprint density at radius 3 is 2.60 bits per heavy atom. The Balaban J connectivity index is 0.00000361. The Morgan fingerprint density at radius 1 is 1.45 bits per heavy atom. The van der Waals surface area contributed by atoms with Crippen LogP contribution in [0.5, 0.6) is 0 Å². The van der Waals surface area contributed by atoms with E-state index in [0.717, 1.165) is 37.8 Å². The van der Waals surface area contributed by atoms with Crippen molar-refractivity contribution in [1.82, 2.24) is 10.2 Å². The maximum atomic E-state index is 10.1. The summed E-state index contributed by atoms with van der Waals surface area (Å²) >= 11 is 2.01. The fourth-order valence-corrected chi connectivity index (χ4v) is 3.09. The van der Waals surface area contributed by atoms with Crippen LogP contribution in [-0.2, 0) is 0 Å². The fraction of sp³-hybridized carbons (Fsp3) is 0.929. The van der Waals surface area contributed by atoms with Gasteiger partial charge in [-0.25, -0.2) is 0 Å². The second-order valence-corrected chi connectivity index (χ2v) is 7.85. The first-order chi connectivity index (χ1) is 8.79. The van der Waals surface area contributed by atoms with Crippen LogP contribution in [-0.4, -0.2) is 58.2 Å². The zero-order valence-corrected chi connectivity index (χ0v) is 16.5. The van der Waals surface area contributed by atoms with Crippen molar-refractivity contribution in [3.05, 3.63) is 0 Å². The number of hydrogen-bond acceptors (Lipinski definition) is 3. The molecule has 0 aromatic carbocycles. The standard InChI is InChI=1S/C14H29N3OS.HI/c1-6-14(5,18)10-16-12(15-7-2)17-8-9-19-13(3,4)11-17;/h18H,6-11H2,1-5H3,(H,15,16);1H. The third-order valence-electron chi connectivity index (χ3n) is 3.39. The number of aliphatic imine (C=N–C) groups is 1. The molecule has 20 heavy (non-hydrogen) atoms. The number of thioether (sulfide) groups is 1. The largest absolute Gasteiger partial charge is 0.388 e. The number of guanidine groups is 1. The Hall–Kier alpha value is 0.310. The quantitative estimate of drug-likeness (QED) is 0.421. The highest BCUT2D eigenvalue weighted by Crippen LogP contribution is 2.29. The topological polar surface area (TPSA) is 47.9 Å². The first-order valence-corrected chi connectivity index (χ1v) is 8.18. The molecule has 1 aliphatic rings. The molecule has 1 fully saturated rings. The van der Waals surface area contributed by atoms with E-state index in [1.165, 1.54) is 0 Å². The van der Waals surface area contributed by atoms with Crippen molar-refractivity contribution in [3.63, 3.8) is 0 Å². The van der Waals surface area contributed by atoms with Crippen LogP contribution in [0.4, 0.5) is 0 Å². The summed E-state index contributed by atoms with van der Waals surface area (Å²) in [5.74, 6) is 2.06. The number of hydrogen-bond donors (Lipinski definition) is 2. The van der Waals surface area contributed by atoms with Crippen molar-refractivity contribution in [3.8, 4) is 0 Å². The minimum Gasteiger partial charge on any atom is -0.388 e. The van der Waals surface area contributed by atoms with Gasteiger partial charge in [-0.15, -0.1) is 24.0 Å². The lowest BCUT2D eigenvalue weighted by Gasteiger charge is -2.39. The van der Waals surface area contributed by atoms with Gasteiger partial charge >= 0.3 is 0 Å². The lowest BCUT2D eigenvalue weighted by molar-refractivity contribution is 0.0654. The third kappa shape index (κ3) is 6.85. The molecule has 0 aliphatic carbocycles. The molecule has 0 aromatic rings. The van der Waals surface area contributed by atoms with Crippen molar-refractivity contribution in [1.29, 1.82) is 0 Å². The molecule has 1 saturated heterocycles. The van der Waals surface area contributed by atoms with Crippen LogP contribution >= 0.6 is 35.7 Å². The van der Waals surface area contributed by atoms with Gasteiger partial charge in [0.2, 0.25) is 0 Å². The Morgan fingerprint density at radius 2 is 2.10 bits per heavy atom. The summed E-state index contributed by atoms with van der Waals surface area (Å²) in [7, 11) is 0. The summed E-state index contributed by atoms with van der Waals surface area (Å²) in [6.45, 7) is 13.8. The normalized spacial score (nSPS) is 21.9. The molecular formula is C14H30IN3OS. The monoisotopic (exact) mass is 415 g/mol. The molecule has 0 bridgehead atoms. The van der Waals surface area contributed by atoms with Crippen LogP contribution in [0.1, 0.15) is 41.0 Å². The molecule has 1 atom stereocenters. The molecule has 0 aromatic heterocycles. The van der Waals surface area contributed by atoms with Crippen molar-refractivity contribution in [2.24, 2.45) is 4.99 Å². The summed E-state index contributed by atoms with van der Waals surface area (Å²) in [5.41, 5.74) is -0.708. The predicted octanol–water partition coefficient (Wildman–Crippen LogP) is 2.56. The molecule has 1 aliphatic heterocycles. The van der Waals surface area contributed by atoms with Crippen LogP contribution < -0.4 is 5.32 Å². The van der Waals surface area contributed by atoms with Gasteiger partial charge in [-0.05, 0) is 34.1 Å². The van der Waals surface area contributed by atoms with Gasteiger partial charge in [0, 0.05) is 30.1 Å². The van der Waals surface area contributed by atoms with Crippen molar-refractivity contribution >= 4 is 41.7 Å². The first kappa shape index (κ1) is 20.3. The van der Waals surface area contributed by atoms with Crippen LogP contribution in [0.15, 0.2) is 4.99 Å². The van der Waals surface area contributed by atoms with E-state index in [-0.39, 0.29) is 28.7 Å². The van der Waals surface area contributed by atoms with Gasteiger partial charge in [-0.2, -0.15) is 11.8 Å². The summed E-state index contributed by atoms with van der Waals surface area (Å²) in [4.78, 5) is 6.93. The Kier molecular flexibility index (Phi) is 8.81. The average Bonchev–Trinajstić information content (AvgIpc) is 2.33. The van der Waals surface area contributed by atoms with Gasteiger partial charge in [-0.1, -0.05) is 6.92 Å². The third-order valence-corrected chi connectivity index (χ3v) is 4.69. The van der Waals surface area contributed by atoms with Gasteiger partial charge in [0.15, 0.2) is 5.96 Å². The number of nitrogens with one attached hydrogen (secondary N) is 1. The van der Waals surface area contributed by atoms with Crippen LogP contribution in [0.3, 0.4) is 0 Å². The van der Waals surface area contributed by atoms with E-state index in [9.17, 15) is 5.11 Å². The molecule has 0 radical (unpaired) electrons. The van der Waals surface area contributed by atoms with Gasteiger partial charge in [0.25, 0.3) is 0 Å². The molecule has 6 heteroatoms. The number of rotatable bonds is 4. The molecule has 0 saturated carbocycles. The molecule has 2 N–H and O–H groups in total. The van der Waals surface area contributed by atoms with Gasteiger partial charge in [-0.3, -0.25) is 4.99 Å². The highest BCUT2D eigenvalue weighted by molar-refractivity contribution is 14.0. The smallest absolute Gasteiger partial charge is 0.194 e. The van der Waals surface area contributed by atoms with Gasteiger partial charge in [0.1, 0.15) is 0 Å². The van der Waals surface area contributed by atoms with E-state index in [0.29, 0.717) is 6.54 Å². The maximum Gasteiger partial charge on any atom is 0.194 e. The van der Waals surface area contributed by atoms with Crippen molar-refractivity contribution < 1.29 is 5.11 Å². The summed E-state index contributed by atoms with van der Waals surface area (Å²) < 4.78 is 0.266. The highest BCUT2D eigenvalue weighted by atomic mass is 127. The van der Waals surface area contributed by atoms with Crippen LogP contribution in [0.2, 0.25) is 0 Å². The lowest BCUT2D eigenvalue weighted by atomic mass is 10.1. The summed E-state index contributed by atoms with van der Waals surface area (Å²) in [6.07, 6.45) is 0.719. The second kappa shape index (κ2) is 8.68. The fourth-order valence-electron chi connectivity index (χ4n) is 1.98. The minimum atomic E-state index is -0.708. The van der Waals surface area contributed by atoms with E-state index in [1.807, 2.05) is 25.6 Å². The van der Waals surface area contributed by atoms with Gasteiger partial charge < -0.3 is 15.3 Å². The molecule has 0 amide bonds. The highest BCUT2D eigenvalue weighted by Gasteiger charge is 2.29. The molecule has 1 rings (SSSR count). The molecule has 0 spiro atoms. The molecular weight excluding hydrogens is 385 g/mol. The first-order valence-electron chi connectivity index (χ1n) is 7.19. The minimum absolute atomic E-state index is 0. The molecule has 120 valence electrons. The average molecular weight is 415 g/mol. The number of halogens is 1. The number of aliphatic hydroxyl groups is 1. The Labute approximate surface area is 145 Å². The van der Waals surface area contributed by atoms with E-state index in [2.05, 4.69) is 36.0 Å². The molecule has 4 nitrogen and oxygen atoms in total. The maximum absolute atomic E-state index is 10.1. The van der Waals surface area contributed by atoms with Crippen LogP contribution in [0, 0.1) is 0 Å². The van der Waals surface area contributed by atoms with Crippen LogP contribution in [0.25, 0.3) is 0 Å². The summed E-state index contributed by atoms with van der Waals surface area (Å²) in [6, 6.07) is 0. The van der Waals surface area contributed by atoms with Crippen molar-refractivity contribution in [2.45, 2.75) is 51.4 Å². The molecule has 1 unspecified atom stereocenters. The molecule has 1 heterocycles. The second-order valence-electron chi connectivity index (χ2n) is 6.05. The van der Waals surface area contributed by atoms with Gasteiger partial charge in [0.05, 0.1) is 12.1 Å². The predicted molar refractivity (Wildman–Crippen MR) is 100 cm³/mol.